The highest BCUT2D eigenvalue weighted by Gasteiger charge is 2.23. The minimum absolute atomic E-state index is 0.0200. The van der Waals surface area contributed by atoms with Gasteiger partial charge in [0.25, 0.3) is 0 Å². The average Bonchev–Trinajstić information content (AvgIpc) is 3.19. The largest absolute Gasteiger partial charge is 0.507 e. The Hall–Kier alpha value is -4.13. The maximum Gasteiger partial charge on any atom is 0.341 e. The number of ether oxygens (including phenoxy) is 2. The first-order chi connectivity index (χ1) is 15.5. The number of nitrogens with zero attached hydrogens (tertiary/aromatic N) is 3. The lowest BCUT2D eigenvalue weighted by Gasteiger charge is -2.16. The van der Waals surface area contributed by atoms with Gasteiger partial charge in [0.05, 0.1) is 18.4 Å². The average molecular weight is 429 g/mol. The summed E-state index contributed by atoms with van der Waals surface area (Å²) < 4.78 is 12.8. The van der Waals surface area contributed by atoms with E-state index >= 15 is 0 Å². The zero-order chi connectivity index (χ0) is 22.7. The Balaban J connectivity index is 1.87. The van der Waals surface area contributed by atoms with E-state index in [2.05, 4.69) is 10.2 Å². The zero-order valence-corrected chi connectivity index (χ0v) is 18.1. The summed E-state index contributed by atoms with van der Waals surface area (Å²) in [6, 6.07) is 20.5. The van der Waals surface area contributed by atoms with Crippen molar-refractivity contribution in [2.45, 2.75) is 20.5 Å². The SMILES string of the molecule is COC(=O)c1cc(-c2nnc(C)n2-c2ccccc2C)c(OCc2ccccc2)cc1O. The van der Waals surface area contributed by atoms with E-state index in [1.807, 2.05) is 73.0 Å². The van der Waals surface area contributed by atoms with Gasteiger partial charge in [0.1, 0.15) is 29.5 Å². The molecular formula is C25H23N3O4. The zero-order valence-electron chi connectivity index (χ0n) is 18.1. The number of aromatic nitrogens is 3. The Morgan fingerprint density at radius 2 is 1.72 bits per heavy atom. The molecule has 4 aromatic rings. The molecule has 0 amide bonds. The van der Waals surface area contributed by atoms with Crippen LogP contribution in [0.15, 0.2) is 66.7 Å². The molecule has 0 unspecified atom stereocenters. The molecule has 7 nitrogen and oxygen atoms in total. The Bertz CT molecular complexity index is 1270. The fourth-order valence-corrected chi connectivity index (χ4v) is 3.51. The lowest BCUT2D eigenvalue weighted by Crippen LogP contribution is -2.07. The first-order valence-corrected chi connectivity index (χ1v) is 10.1. The molecule has 0 aliphatic heterocycles. The number of para-hydroxylation sites is 1. The van der Waals surface area contributed by atoms with Gasteiger partial charge in [0.2, 0.25) is 0 Å². The van der Waals surface area contributed by atoms with Crippen molar-refractivity contribution in [2.75, 3.05) is 7.11 Å². The van der Waals surface area contributed by atoms with E-state index < -0.39 is 5.97 Å². The fourth-order valence-electron chi connectivity index (χ4n) is 3.51. The molecule has 0 fully saturated rings. The van der Waals surface area contributed by atoms with Gasteiger partial charge in [-0.15, -0.1) is 10.2 Å². The van der Waals surface area contributed by atoms with Gasteiger partial charge in [0, 0.05) is 6.07 Å². The summed E-state index contributed by atoms with van der Waals surface area (Å²) in [6.07, 6.45) is 0. The summed E-state index contributed by atoms with van der Waals surface area (Å²) >= 11 is 0. The Labute approximate surface area is 185 Å². The number of phenolic OH excluding ortho intramolecular Hbond substituents is 1. The summed E-state index contributed by atoms with van der Waals surface area (Å²) in [5.74, 6) is 0.654. The quantitative estimate of drug-likeness (QED) is 0.450. The van der Waals surface area contributed by atoms with Gasteiger partial charge in [-0.25, -0.2) is 4.79 Å². The number of esters is 1. The minimum atomic E-state index is -0.656. The molecule has 1 N–H and O–H groups in total. The molecule has 0 radical (unpaired) electrons. The summed E-state index contributed by atoms with van der Waals surface area (Å²) in [4.78, 5) is 12.3. The summed E-state index contributed by atoms with van der Waals surface area (Å²) in [6.45, 7) is 4.14. The topological polar surface area (TPSA) is 86.5 Å². The molecule has 1 aromatic heterocycles. The van der Waals surface area contributed by atoms with Crippen LogP contribution in [0.5, 0.6) is 11.5 Å². The predicted octanol–water partition coefficient (Wildman–Crippen LogP) is 4.62. The van der Waals surface area contributed by atoms with Gasteiger partial charge in [-0.3, -0.25) is 4.57 Å². The van der Waals surface area contributed by atoms with E-state index in [1.54, 1.807) is 0 Å². The standard InChI is InChI=1S/C25H23N3O4/c1-16-9-7-8-12-21(16)28-17(2)26-27-24(28)20-13-19(25(30)31-3)22(29)14-23(20)32-15-18-10-5-4-6-11-18/h4-14,29H,15H2,1-3H3. The van der Waals surface area contributed by atoms with Crippen molar-refractivity contribution in [1.29, 1.82) is 0 Å². The molecule has 4 rings (SSSR count). The monoisotopic (exact) mass is 429 g/mol. The maximum atomic E-state index is 12.3. The number of aromatic hydroxyl groups is 1. The first kappa shape index (κ1) is 21.1. The van der Waals surface area contributed by atoms with Crippen molar-refractivity contribution in [1.82, 2.24) is 14.8 Å². The van der Waals surface area contributed by atoms with Crippen LogP contribution in [-0.2, 0) is 11.3 Å². The highest BCUT2D eigenvalue weighted by atomic mass is 16.5. The van der Waals surface area contributed by atoms with E-state index in [1.165, 1.54) is 19.2 Å². The molecule has 0 atom stereocenters. The number of benzene rings is 3. The second-order valence-corrected chi connectivity index (χ2v) is 7.32. The number of phenols is 1. The van der Waals surface area contributed by atoms with Crippen LogP contribution in [0.1, 0.15) is 27.3 Å². The number of carbonyl (C=O) groups excluding carboxylic acids is 1. The molecule has 3 aromatic carbocycles. The van der Waals surface area contributed by atoms with Crippen molar-refractivity contribution >= 4 is 5.97 Å². The normalized spacial score (nSPS) is 10.7. The number of hydrogen-bond acceptors (Lipinski definition) is 6. The van der Waals surface area contributed by atoms with Crippen molar-refractivity contribution in [3.05, 3.63) is 89.2 Å². The van der Waals surface area contributed by atoms with E-state index in [0.717, 1.165) is 16.8 Å². The molecule has 7 heteroatoms. The van der Waals surface area contributed by atoms with Crippen molar-refractivity contribution < 1.29 is 19.4 Å². The smallest absolute Gasteiger partial charge is 0.341 e. The van der Waals surface area contributed by atoms with Crippen LogP contribution < -0.4 is 4.74 Å². The molecule has 32 heavy (non-hydrogen) atoms. The lowest BCUT2D eigenvalue weighted by atomic mass is 10.1. The molecule has 162 valence electrons. The second-order valence-electron chi connectivity index (χ2n) is 7.32. The number of hydrogen-bond donors (Lipinski definition) is 1. The number of methoxy groups -OCH3 is 1. The minimum Gasteiger partial charge on any atom is -0.507 e. The Morgan fingerprint density at radius 1 is 1.00 bits per heavy atom. The summed E-state index contributed by atoms with van der Waals surface area (Å²) in [5.41, 5.74) is 3.45. The third-order valence-electron chi connectivity index (χ3n) is 5.16. The molecule has 0 aliphatic carbocycles. The van der Waals surface area contributed by atoms with Gasteiger partial charge in [-0.1, -0.05) is 48.5 Å². The van der Waals surface area contributed by atoms with Crippen LogP contribution in [-0.4, -0.2) is 33.0 Å². The molecular weight excluding hydrogens is 406 g/mol. The van der Waals surface area contributed by atoms with Crippen molar-refractivity contribution in [3.63, 3.8) is 0 Å². The van der Waals surface area contributed by atoms with Gasteiger partial charge in [0.15, 0.2) is 5.82 Å². The van der Waals surface area contributed by atoms with Crippen LogP contribution in [0.25, 0.3) is 17.1 Å². The second kappa shape index (κ2) is 8.93. The highest BCUT2D eigenvalue weighted by molar-refractivity contribution is 5.94. The van der Waals surface area contributed by atoms with Gasteiger partial charge >= 0.3 is 5.97 Å². The lowest BCUT2D eigenvalue weighted by molar-refractivity contribution is 0.0597. The van der Waals surface area contributed by atoms with Crippen LogP contribution in [0.2, 0.25) is 0 Å². The van der Waals surface area contributed by atoms with E-state index in [9.17, 15) is 9.90 Å². The van der Waals surface area contributed by atoms with Crippen molar-refractivity contribution in [3.8, 4) is 28.6 Å². The number of carbonyl (C=O) groups is 1. The highest BCUT2D eigenvalue weighted by Crippen LogP contribution is 2.37. The van der Waals surface area contributed by atoms with Crippen LogP contribution in [0, 0.1) is 13.8 Å². The molecule has 0 saturated carbocycles. The third kappa shape index (κ3) is 4.05. The van der Waals surface area contributed by atoms with Gasteiger partial charge < -0.3 is 14.6 Å². The first-order valence-electron chi connectivity index (χ1n) is 10.1. The van der Waals surface area contributed by atoms with Crippen LogP contribution >= 0.6 is 0 Å². The van der Waals surface area contributed by atoms with E-state index in [-0.39, 0.29) is 17.9 Å². The molecule has 0 bridgehead atoms. The Kier molecular flexibility index (Phi) is 5.89. The van der Waals surface area contributed by atoms with Gasteiger partial charge in [-0.05, 0) is 37.1 Å². The fraction of sp³-hybridized carbons (Fsp3) is 0.160. The van der Waals surface area contributed by atoms with E-state index in [0.29, 0.717) is 23.0 Å². The summed E-state index contributed by atoms with van der Waals surface area (Å²) in [5, 5.41) is 19.1. The number of rotatable bonds is 6. The molecule has 1 heterocycles. The van der Waals surface area contributed by atoms with Crippen molar-refractivity contribution in [2.24, 2.45) is 0 Å². The number of aryl methyl sites for hydroxylation is 2. The predicted molar refractivity (Wildman–Crippen MR) is 120 cm³/mol. The molecule has 0 aliphatic rings. The Morgan fingerprint density at radius 3 is 2.44 bits per heavy atom. The summed E-state index contributed by atoms with van der Waals surface area (Å²) in [7, 11) is 1.27. The van der Waals surface area contributed by atoms with E-state index in [4.69, 9.17) is 9.47 Å². The maximum absolute atomic E-state index is 12.3. The third-order valence-corrected chi connectivity index (χ3v) is 5.16. The molecule has 0 spiro atoms. The van der Waals surface area contributed by atoms with Crippen LogP contribution in [0.4, 0.5) is 0 Å². The van der Waals surface area contributed by atoms with Gasteiger partial charge in [-0.2, -0.15) is 0 Å². The van der Waals surface area contributed by atoms with Crippen LogP contribution in [0.3, 0.4) is 0 Å². The molecule has 0 saturated heterocycles.